The van der Waals surface area contributed by atoms with Gasteiger partial charge in [0.1, 0.15) is 23.1 Å². The lowest BCUT2D eigenvalue weighted by atomic mass is 9.75. The number of rotatable bonds is 5. The van der Waals surface area contributed by atoms with Crippen molar-refractivity contribution >= 4 is 28.2 Å². The van der Waals surface area contributed by atoms with Crippen molar-refractivity contribution in [2.45, 2.75) is 71.6 Å². The van der Waals surface area contributed by atoms with Crippen LogP contribution in [0.2, 0.25) is 0 Å². The predicted molar refractivity (Wildman–Crippen MR) is 190 cm³/mol. The van der Waals surface area contributed by atoms with Crippen LogP contribution in [0.5, 0.6) is 11.5 Å². The van der Waals surface area contributed by atoms with Gasteiger partial charge in [-0.3, -0.25) is 4.79 Å². The van der Waals surface area contributed by atoms with Gasteiger partial charge in [0.25, 0.3) is 0 Å². The largest absolute Gasteiger partial charge is 0.616 e. The van der Waals surface area contributed by atoms with Crippen LogP contribution in [-0.2, 0) is 46.0 Å². The molecule has 0 spiro atoms. The van der Waals surface area contributed by atoms with Gasteiger partial charge in [0.05, 0.1) is 34.9 Å². The second-order valence-electron chi connectivity index (χ2n) is 14.0. The number of imidazole rings is 1. The summed E-state index contributed by atoms with van der Waals surface area (Å²) in [5, 5.41) is 4.85. The summed E-state index contributed by atoms with van der Waals surface area (Å²) < 4.78 is 57.6. The molecule has 2 atom stereocenters. The van der Waals surface area contributed by atoms with Crippen molar-refractivity contribution in [1.82, 2.24) is 24.7 Å². The first-order valence-electron chi connectivity index (χ1n) is 17.0. The van der Waals surface area contributed by atoms with Crippen molar-refractivity contribution in [1.29, 1.82) is 0 Å². The van der Waals surface area contributed by atoms with Gasteiger partial charge in [-0.15, -0.1) is 0 Å². The molecule has 1 aliphatic heterocycles. The number of carbonyl (C=O) groups excluding carboxylic acids is 1. The van der Waals surface area contributed by atoms with Gasteiger partial charge in [0.15, 0.2) is 23.2 Å². The summed E-state index contributed by atoms with van der Waals surface area (Å²) in [6.45, 7) is 8.45. The van der Waals surface area contributed by atoms with Gasteiger partial charge in [-0.25, -0.2) is 23.4 Å². The zero-order valence-electron chi connectivity index (χ0n) is 29.1. The molecule has 2 aromatic heterocycles. The number of aromatic amines is 1. The molecule has 4 bridgehead atoms. The number of carbonyl (C=O) groups is 1. The number of halogens is 2. The molecule has 0 amide bonds. The molecule has 0 aliphatic carbocycles. The van der Waals surface area contributed by atoms with E-state index >= 15 is 8.78 Å². The standard InChI is InChI=1S/C38H43F2N5O4S/c1-6-48-32(46)14-11-24-9-7-10-25(19-24)38(4)17-8-16-37(2,3)22-50(47)18-15-27-33-31(41-23-42-33)21-30(40)34(27)49-26-12-13-29(39)28(20-26)35-43-36(38)44-45(35)5/h7,9-10,12-13,19-21,23H,6,8,11,14-18,22H2,1-5H3,(H,41,42). The number of aromatic nitrogens is 5. The minimum atomic E-state index is -1.21. The molecule has 5 aromatic rings. The van der Waals surface area contributed by atoms with E-state index in [9.17, 15) is 9.35 Å². The van der Waals surface area contributed by atoms with E-state index in [0.717, 1.165) is 24.0 Å². The van der Waals surface area contributed by atoms with Crippen molar-refractivity contribution in [3.63, 3.8) is 0 Å². The van der Waals surface area contributed by atoms with Gasteiger partial charge < -0.3 is 19.0 Å². The molecule has 50 heavy (non-hydrogen) atoms. The van der Waals surface area contributed by atoms with E-state index in [0.29, 0.717) is 59.2 Å². The van der Waals surface area contributed by atoms with Crippen molar-refractivity contribution in [2.24, 2.45) is 12.5 Å². The number of ether oxygens (including phenoxy) is 2. The van der Waals surface area contributed by atoms with E-state index in [4.69, 9.17) is 19.6 Å². The third-order valence-corrected chi connectivity index (χ3v) is 11.3. The van der Waals surface area contributed by atoms with Crippen molar-refractivity contribution < 1.29 is 27.6 Å². The molecule has 9 nitrogen and oxygen atoms in total. The van der Waals surface area contributed by atoms with Crippen LogP contribution < -0.4 is 4.74 Å². The highest BCUT2D eigenvalue weighted by atomic mass is 32.2. The lowest BCUT2D eigenvalue weighted by Gasteiger charge is -2.31. The maximum atomic E-state index is 15.6. The summed E-state index contributed by atoms with van der Waals surface area (Å²) in [5.74, 6) is 0.377. The van der Waals surface area contributed by atoms with Crippen LogP contribution in [0.3, 0.4) is 0 Å². The van der Waals surface area contributed by atoms with E-state index in [2.05, 4.69) is 36.8 Å². The van der Waals surface area contributed by atoms with Gasteiger partial charge in [-0.05, 0) is 62.4 Å². The van der Waals surface area contributed by atoms with Crippen molar-refractivity contribution in [3.8, 4) is 22.9 Å². The van der Waals surface area contributed by atoms with E-state index in [1.807, 2.05) is 18.2 Å². The molecule has 0 saturated heterocycles. The molecule has 0 saturated carbocycles. The average molecular weight is 704 g/mol. The van der Waals surface area contributed by atoms with Crippen LogP contribution in [0, 0.1) is 17.0 Å². The zero-order chi connectivity index (χ0) is 35.6. The summed E-state index contributed by atoms with van der Waals surface area (Å²) in [7, 11) is 1.72. The average Bonchev–Trinajstić information content (AvgIpc) is 3.70. The number of fused-ring (bicyclic) bond motifs is 8. The van der Waals surface area contributed by atoms with Gasteiger partial charge in [-0.2, -0.15) is 5.10 Å². The maximum Gasteiger partial charge on any atom is 0.306 e. The fourth-order valence-electron chi connectivity index (χ4n) is 6.80. The Morgan fingerprint density at radius 3 is 2.74 bits per heavy atom. The Morgan fingerprint density at radius 1 is 1.12 bits per heavy atom. The Morgan fingerprint density at radius 2 is 1.94 bits per heavy atom. The van der Waals surface area contributed by atoms with Crippen molar-refractivity contribution in [3.05, 3.63) is 89.0 Å². The Balaban J connectivity index is 1.44. The molecule has 12 heteroatoms. The first-order chi connectivity index (χ1) is 23.9. The Labute approximate surface area is 294 Å². The summed E-state index contributed by atoms with van der Waals surface area (Å²) in [5.41, 5.74) is 2.72. The van der Waals surface area contributed by atoms with Crippen LogP contribution in [0.25, 0.3) is 22.4 Å². The van der Waals surface area contributed by atoms with Crippen LogP contribution >= 0.6 is 0 Å². The number of benzene rings is 3. The lowest BCUT2D eigenvalue weighted by Crippen LogP contribution is -2.29. The molecule has 3 heterocycles. The topological polar surface area (TPSA) is 118 Å². The summed E-state index contributed by atoms with van der Waals surface area (Å²) in [6, 6.07) is 13.6. The molecule has 1 N–H and O–H groups in total. The molecule has 3 aromatic carbocycles. The van der Waals surface area contributed by atoms with E-state index in [-0.39, 0.29) is 41.3 Å². The minimum absolute atomic E-state index is 0.0337. The molecule has 264 valence electrons. The second kappa shape index (κ2) is 14.5. The fraction of sp³-hybridized carbons (Fsp3) is 0.421. The molecule has 0 radical (unpaired) electrons. The Hall–Kier alpha value is -4.29. The number of aryl methyl sites for hydroxylation is 3. The minimum Gasteiger partial charge on any atom is -0.616 e. The molecule has 2 unspecified atom stereocenters. The summed E-state index contributed by atoms with van der Waals surface area (Å²) in [4.78, 5) is 24.4. The van der Waals surface area contributed by atoms with Crippen LogP contribution in [0.15, 0.2) is 54.9 Å². The van der Waals surface area contributed by atoms with E-state index < -0.39 is 28.2 Å². The lowest BCUT2D eigenvalue weighted by molar-refractivity contribution is -0.143. The van der Waals surface area contributed by atoms with Crippen LogP contribution in [-0.4, -0.2) is 53.4 Å². The quantitative estimate of drug-likeness (QED) is 0.147. The first-order valence-corrected chi connectivity index (χ1v) is 18.5. The van der Waals surface area contributed by atoms with Gasteiger partial charge in [-0.1, -0.05) is 55.7 Å². The zero-order valence-corrected chi connectivity index (χ0v) is 30.0. The van der Waals surface area contributed by atoms with Gasteiger partial charge in [0, 0.05) is 36.9 Å². The Kier molecular flexibility index (Phi) is 10.3. The second-order valence-corrected chi connectivity index (χ2v) is 15.6. The summed E-state index contributed by atoms with van der Waals surface area (Å²) in [6.07, 6.45) is 4.79. The highest BCUT2D eigenvalue weighted by molar-refractivity contribution is 7.91. The van der Waals surface area contributed by atoms with Gasteiger partial charge >= 0.3 is 5.97 Å². The Bertz CT molecular complexity index is 2010. The number of nitrogens with one attached hydrogen (secondary N) is 1. The van der Waals surface area contributed by atoms with Crippen molar-refractivity contribution in [2.75, 3.05) is 18.1 Å². The highest BCUT2D eigenvalue weighted by Crippen LogP contribution is 2.40. The third-order valence-electron chi connectivity index (χ3n) is 9.52. The number of esters is 1. The molecule has 6 rings (SSSR count). The SMILES string of the molecule is CCOC(=O)CCc1cccc(C2(C)CCCC(C)(C)C[S+]([O-])CCc3c(c(F)cc4[nH]cnc34)Oc3ccc(F)c(c3)-c3nc2nn3C)c1. The highest BCUT2D eigenvalue weighted by Gasteiger charge is 2.36. The van der Waals surface area contributed by atoms with Crippen LogP contribution in [0.1, 0.15) is 75.9 Å². The number of hydrogen-bond acceptors (Lipinski definition) is 7. The number of nitrogens with zero attached hydrogens (tertiary/aromatic N) is 4. The monoisotopic (exact) mass is 703 g/mol. The first kappa shape index (κ1) is 35.5. The normalized spacial score (nSPS) is 19.6. The maximum absolute atomic E-state index is 15.6. The predicted octanol–water partition coefficient (Wildman–Crippen LogP) is 7.73. The number of hydrogen-bond donors (Lipinski definition) is 1. The summed E-state index contributed by atoms with van der Waals surface area (Å²) >= 11 is -1.21. The van der Waals surface area contributed by atoms with Crippen LogP contribution in [0.4, 0.5) is 8.78 Å². The number of H-pyrrole nitrogens is 1. The van der Waals surface area contributed by atoms with E-state index in [1.165, 1.54) is 30.6 Å². The molecular formula is C38H43F2N5O4S. The fourth-order valence-corrected chi connectivity index (χ4v) is 8.39. The third kappa shape index (κ3) is 7.56. The van der Waals surface area contributed by atoms with E-state index in [1.54, 1.807) is 18.7 Å². The molecule has 0 fully saturated rings. The molecular weight excluding hydrogens is 661 g/mol. The smallest absolute Gasteiger partial charge is 0.306 e. The van der Waals surface area contributed by atoms with Gasteiger partial charge in [0.2, 0.25) is 0 Å². The molecule has 1 aliphatic rings.